The molecule has 1 amide bonds. The number of thiophene rings is 1. The van der Waals surface area contributed by atoms with Crippen LogP contribution in [0.5, 0.6) is 5.75 Å². The largest absolute Gasteiger partial charge is 0.488 e. The van der Waals surface area contributed by atoms with Crippen LogP contribution in [0.2, 0.25) is 0 Å². The van der Waals surface area contributed by atoms with Gasteiger partial charge in [-0.1, -0.05) is 48.0 Å². The number of hydrogen-bond donors (Lipinski definition) is 2. The maximum atomic E-state index is 12.3. The molecule has 0 atom stereocenters. The highest BCUT2D eigenvalue weighted by Crippen LogP contribution is 2.29. The van der Waals surface area contributed by atoms with Crippen LogP contribution in [0.25, 0.3) is 11.3 Å². The molecule has 0 aliphatic carbocycles. The van der Waals surface area contributed by atoms with Gasteiger partial charge in [0.15, 0.2) is 0 Å². The third kappa shape index (κ3) is 4.82. The minimum Gasteiger partial charge on any atom is -0.488 e. The minimum absolute atomic E-state index is 0.321. The molecule has 0 saturated carbocycles. The number of benzene rings is 2. The highest BCUT2D eigenvalue weighted by Gasteiger charge is 2.13. The molecule has 0 saturated heterocycles. The number of hydrogen-bond acceptors (Lipinski definition) is 5. The molecule has 2 heterocycles. The van der Waals surface area contributed by atoms with Gasteiger partial charge in [0.05, 0.1) is 11.9 Å². The van der Waals surface area contributed by atoms with Gasteiger partial charge >= 0.3 is 0 Å². The van der Waals surface area contributed by atoms with Crippen molar-refractivity contribution in [2.45, 2.75) is 13.5 Å². The van der Waals surface area contributed by atoms with Crippen LogP contribution in [-0.2, 0) is 6.61 Å². The van der Waals surface area contributed by atoms with E-state index < -0.39 is 0 Å². The summed E-state index contributed by atoms with van der Waals surface area (Å²) in [5.74, 6) is 0.340. The molecule has 6 nitrogen and oxygen atoms in total. The maximum absolute atomic E-state index is 12.3. The number of aryl methyl sites for hydroxylation is 1. The normalized spacial score (nSPS) is 11.0. The van der Waals surface area contributed by atoms with E-state index in [-0.39, 0.29) is 5.91 Å². The van der Waals surface area contributed by atoms with Crippen molar-refractivity contribution < 1.29 is 9.53 Å². The number of H-pyrrole nitrogens is 1. The molecule has 30 heavy (non-hydrogen) atoms. The quantitative estimate of drug-likeness (QED) is 0.336. The van der Waals surface area contributed by atoms with Crippen molar-refractivity contribution >= 4 is 23.5 Å². The second-order valence-corrected chi connectivity index (χ2v) is 7.63. The van der Waals surface area contributed by atoms with Gasteiger partial charge in [-0.3, -0.25) is 9.89 Å². The topological polar surface area (TPSA) is 79.4 Å². The standard InChI is InChI=1S/C23H20N4O2S/c1-16-8-10-17(11-9-16)15-29-22-7-3-2-6-19(22)20-13-21(26-25-20)23(28)27-24-14-18-5-4-12-30-18/h2-14H,15H2,1H3,(H,25,26)(H,27,28). The molecule has 7 heteroatoms. The van der Waals surface area contributed by atoms with Gasteiger partial charge in [0, 0.05) is 10.4 Å². The van der Waals surface area contributed by atoms with Gasteiger partial charge in [-0.25, -0.2) is 5.43 Å². The Labute approximate surface area is 178 Å². The average Bonchev–Trinajstić information content (AvgIpc) is 3.46. The molecule has 0 aliphatic heterocycles. The first-order valence-corrected chi connectivity index (χ1v) is 10.3. The maximum Gasteiger partial charge on any atom is 0.289 e. The molecular formula is C23H20N4O2S. The van der Waals surface area contributed by atoms with Gasteiger partial charge in [-0.15, -0.1) is 11.3 Å². The van der Waals surface area contributed by atoms with E-state index in [1.54, 1.807) is 23.6 Å². The number of aromatic amines is 1. The summed E-state index contributed by atoms with van der Waals surface area (Å²) in [6, 6.07) is 21.4. The Bertz CT molecular complexity index is 1150. The first kappa shape index (κ1) is 19.6. The van der Waals surface area contributed by atoms with Crippen molar-refractivity contribution in [1.82, 2.24) is 15.6 Å². The van der Waals surface area contributed by atoms with Crippen molar-refractivity contribution in [3.63, 3.8) is 0 Å². The van der Waals surface area contributed by atoms with Crippen molar-refractivity contribution in [3.05, 3.63) is 93.8 Å². The first-order valence-electron chi connectivity index (χ1n) is 9.39. The lowest BCUT2D eigenvalue weighted by Crippen LogP contribution is -2.17. The summed E-state index contributed by atoms with van der Waals surface area (Å²) in [6.07, 6.45) is 1.61. The zero-order valence-corrected chi connectivity index (χ0v) is 17.1. The predicted molar refractivity (Wildman–Crippen MR) is 119 cm³/mol. The van der Waals surface area contributed by atoms with Crippen molar-refractivity contribution in [3.8, 4) is 17.0 Å². The number of para-hydroxylation sites is 1. The Balaban J connectivity index is 1.45. The Kier molecular flexibility index (Phi) is 6.01. The van der Waals surface area contributed by atoms with Crippen molar-refractivity contribution in [2.24, 2.45) is 5.10 Å². The number of nitrogens with zero attached hydrogens (tertiary/aromatic N) is 2. The molecule has 0 fully saturated rings. The molecule has 4 rings (SSSR count). The van der Waals surface area contributed by atoms with E-state index in [1.165, 1.54) is 5.56 Å². The SMILES string of the molecule is Cc1ccc(COc2ccccc2-c2cc(C(=O)NN=Cc3cccs3)[nH]n2)cc1. The molecule has 2 N–H and O–H groups in total. The smallest absolute Gasteiger partial charge is 0.289 e. The summed E-state index contributed by atoms with van der Waals surface area (Å²) in [5, 5.41) is 13.0. The van der Waals surface area contributed by atoms with E-state index in [0.717, 1.165) is 16.0 Å². The Morgan fingerprint density at radius 2 is 2.00 bits per heavy atom. The summed E-state index contributed by atoms with van der Waals surface area (Å²) in [6.45, 7) is 2.51. The van der Waals surface area contributed by atoms with Gasteiger partial charge in [-0.2, -0.15) is 10.2 Å². The molecule has 150 valence electrons. The van der Waals surface area contributed by atoms with E-state index in [9.17, 15) is 4.79 Å². The Morgan fingerprint density at radius 3 is 2.80 bits per heavy atom. The summed E-state index contributed by atoms with van der Waals surface area (Å²) in [7, 11) is 0. The fourth-order valence-corrected chi connectivity index (χ4v) is 3.39. The fraction of sp³-hybridized carbons (Fsp3) is 0.0870. The van der Waals surface area contributed by atoms with Crippen molar-refractivity contribution in [2.75, 3.05) is 0 Å². The lowest BCUT2D eigenvalue weighted by atomic mass is 10.1. The molecule has 0 unspecified atom stereocenters. The molecule has 2 aromatic carbocycles. The molecule has 0 spiro atoms. The number of nitrogens with one attached hydrogen (secondary N) is 2. The predicted octanol–water partition coefficient (Wildman–Crippen LogP) is 4.79. The lowest BCUT2D eigenvalue weighted by Gasteiger charge is -2.10. The first-order chi connectivity index (χ1) is 14.7. The van der Waals surface area contributed by atoms with E-state index in [0.29, 0.717) is 23.7 Å². The van der Waals surface area contributed by atoms with Gasteiger partial charge in [0.25, 0.3) is 5.91 Å². The third-order valence-electron chi connectivity index (χ3n) is 4.40. The van der Waals surface area contributed by atoms with Crippen LogP contribution in [0, 0.1) is 6.92 Å². The van der Waals surface area contributed by atoms with Crippen LogP contribution in [0.15, 0.2) is 77.2 Å². The third-order valence-corrected chi connectivity index (χ3v) is 5.21. The van der Waals surface area contributed by atoms with Gasteiger partial charge in [-0.05, 0) is 42.1 Å². The average molecular weight is 417 g/mol. The summed E-state index contributed by atoms with van der Waals surface area (Å²) in [5.41, 5.74) is 6.55. The highest BCUT2D eigenvalue weighted by molar-refractivity contribution is 7.11. The number of aromatic nitrogens is 2. The van der Waals surface area contributed by atoms with Crippen LogP contribution >= 0.6 is 11.3 Å². The van der Waals surface area contributed by atoms with Gasteiger partial charge in [0.1, 0.15) is 18.1 Å². The number of carbonyl (C=O) groups is 1. The lowest BCUT2D eigenvalue weighted by molar-refractivity contribution is 0.0950. The van der Waals surface area contributed by atoms with Crippen LogP contribution in [0.4, 0.5) is 0 Å². The van der Waals surface area contributed by atoms with E-state index in [4.69, 9.17) is 4.74 Å². The molecule has 4 aromatic rings. The van der Waals surface area contributed by atoms with Crippen molar-refractivity contribution in [1.29, 1.82) is 0 Å². The Morgan fingerprint density at radius 1 is 1.17 bits per heavy atom. The zero-order chi connectivity index (χ0) is 20.8. The molecular weight excluding hydrogens is 396 g/mol. The second-order valence-electron chi connectivity index (χ2n) is 6.65. The summed E-state index contributed by atoms with van der Waals surface area (Å²) < 4.78 is 6.02. The molecule has 0 radical (unpaired) electrons. The number of ether oxygens (including phenoxy) is 1. The Hall–Kier alpha value is -3.71. The molecule has 0 bridgehead atoms. The monoisotopic (exact) mass is 416 g/mol. The molecule has 0 aliphatic rings. The number of hydrazone groups is 1. The summed E-state index contributed by atoms with van der Waals surface area (Å²) >= 11 is 1.54. The van der Waals surface area contributed by atoms with Crippen LogP contribution in [-0.4, -0.2) is 22.3 Å². The minimum atomic E-state index is -0.361. The zero-order valence-electron chi connectivity index (χ0n) is 16.3. The molecule has 2 aromatic heterocycles. The second kappa shape index (κ2) is 9.19. The van der Waals surface area contributed by atoms with Gasteiger partial charge in [0.2, 0.25) is 0 Å². The van der Waals surface area contributed by atoms with E-state index in [1.807, 2.05) is 53.9 Å². The van der Waals surface area contributed by atoms with E-state index in [2.05, 4.69) is 39.8 Å². The van der Waals surface area contributed by atoms with Gasteiger partial charge < -0.3 is 4.74 Å². The van der Waals surface area contributed by atoms with Crippen LogP contribution < -0.4 is 10.2 Å². The number of rotatable bonds is 7. The van der Waals surface area contributed by atoms with Crippen LogP contribution in [0.3, 0.4) is 0 Å². The van der Waals surface area contributed by atoms with Crippen LogP contribution in [0.1, 0.15) is 26.5 Å². The fourth-order valence-electron chi connectivity index (χ4n) is 2.80. The number of amides is 1. The number of carbonyl (C=O) groups excluding carboxylic acids is 1. The summed E-state index contributed by atoms with van der Waals surface area (Å²) in [4.78, 5) is 13.3. The highest BCUT2D eigenvalue weighted by atomic mass is 32.1. The van der Waals surface area contributed by atoms with E-state index >= 15 is 0 Å².